The number of nitrogens with zero attached hydrogens (tertiary/aromatic N) is 3. The highest BCUT2D eigenvalue weighted by Gasteiger charge is 2.29. The van der Waals surface area contributed by atoms with Gasteiger partial charge in [0.15, 0.2) is 0 Å². The van der Waals surface area contributed by atoms with Gasteiger partial charge in [0.05, 0.1) is 18.8 Å². The number of amides is 1. The Morgan fingerprint density at radius 2 is 2.32 bits per heavy atom. The summed E-state index contributed by atoms with van der Waals surface area (Å²) in [4.78, 5) is 16.5. The molecule has 0 radical (unpaired) electrons. The molecule has 134 valence electrons. The lowest BCUT2D eigenvalue weighted by Crippen LogP contribution is -2.51. The molecule has 3 rings (SSSR count). The number of rotatable bonds is 6. The summed E-state index contributed by atoms with van der Waals surface area (Å²) in [6.45, 7) is 3.01. The zero-order chi connectivity index (χ0) is 17.6. The summed E-state index contributed by atoms with van der Waals surface area (Å²) in [5, 5.41) is 7.21. The summed E-state index contributed by atoms with van der Waals surface area (Å²) in [5.74, 6) is 0.707. The molecular formula is C18H24N4O3. The van der Waals surface area contributed by atoms with Crippen molar-refractivity contribution in [2.24, 2.45) is 7.05 Å². The van der Waals surface area contributed by atoms with E-state index in [0.29, 0.717) is 31.8 Å². The van der Waals surface area contributed by atoms with E-state index in [2.05, 4.69) is 15.4 Å². The van der Waals surface area contributed by atoms with Gasteiger partial charge in [-0.25, -0.2) is 0 Å². The van der Waals surface area contributed by atoms with Crippen molar-refractivity contribution in [3.05, 3.63) is 42.0 Å². The van der Waals surface area contributed by atoms with Crippen molar-refractivity contribution in [3.8, 4) is 5.75 Å². The van der Waals surface area contributed by atoms with Crippen LogP contribution in [0.4, 0.5) is 0 Å². The lowest BCUT2D eigenvalue weighted by atomic mass is 10.1. The number of carbonyl (C=O) groups is 1. The molecule has 1 amide bonds. The number of aryl methyl sites for hydroxylation is 3. The topological polar surface area (TPSA) is 78.3 Å². The van der Waals surface area contributed by atoms with Gasteiger partial charge in [-0.15, -0.1) is 0 Å². The Kier molecular flexibility index (Phi) is 5.65. The molecule has 0 saturated carbocycles. The van der Waals surface area contributed by atoms with E-state index in [9.17, 15) is 4.79 Å². The van der Waals surface area contributed by atoms with Gasteiger partial charge in [0.1, 0.15) is 11.9 Å². The van der Waals surface area contributed by atoms with E-state index in [1.165, 1.54) is 0 Å². The van der Waals surface area contributed by atoms with Crippen molar-refractivity contribution < 1.29 is 14.3 Å². The average molecular weight is 344 g/mol. The van der Waals surface area contributed by atoms with Gasteiger partial charge >= 0.3 is 0 Å². The number of aromatic nitrogens is 3. The minimum absolute atomic E-state index is 0.0173. The van der Waals surface area contributed by atoms with Gasteiger partial charge < -0.3 is 14.8 Å². The summed E-state index contributed by atoms with van der Waals surface area (Å²) < 4.78 is 13.3. The van der Waals surface area contributed by atoms with E-state index in [1.807, 2.05) is 32.2 Å². The summed E-state index contributed by atoms with van der Waals surface area (Å²) in [6, 6.07) is 5.66. The van der Waals surface area contributed by atoms with Crippen LogP contribution < -0.4 is 10.1 Å². The predicted molar refractivity (Wildman–Crippen MR) is 92.3 cm³/mol. The number of nitrogens with one attached hydrogen (secondary N) is 1. The van der Waals surface area contributed by atoms with Crippen LogP contribution in [0.25, 0.3) is 0 Å². The van der Waals surface area contributed by atoms with E-state index in [4.69, 9.17) is 9.47 Å². The molecule has 2 aromatic heterocycles. The fourth-order valence-corrected chi connectivity index (χ4v) is 2.86. The van der Waals surface area contributed by atoms with Gasteiger partial charge in [0, 0.05) is 37.7 Å². The van der Waals surface area contributed by atoms with Crippen LogP contribution in [0.2, 0.25) is 0 Å². The normalized spacial score (nSPS) is 20.2. The maximum Gasteiger partial charge on any atom is 0.220 e. The van der Waals surface area contributed by atoms with Crippen molar-refractivity contribution in [3.63, 3.8) is 0 Å². The molecule has 1 N–H and O–H groups in total. The molecular weight excluding hydrogens is 320 g/mol. The third kappa shape index (κ3) is 4.79. The maximum absolute atomic E-state index is 12.3. The van der Waals surface area contributed by atoms with Crippen LogP contribution in [-0.4, -0.2) is 46.0 Å². The Labute approximate surface area is 147 Å². The number of hydrogen-bond donors (Lipinski definition) is 1. The Bertz CT molecular complexity index is 699. The number of hydrogen-bond acceptors (Lipinski definition) is 5. The molecule has 0 bridgehead atoms. The molecule has 0 spiro atoms. The SMILES string of the molecule is Cc1ccc(O[C@@H]2COCC[C@@H]2NC(=O)CCc2ccnn2C)cn1. The van der Waals surface area contributed by atoms with Crippen molar-refractivity contribution in [1.82, 2.24) is 20.1 Å². The molecule has 1 saturated heterocycles. The molecule has 7 heteroatoms. The number of carbonyl (C=O) groups excluding carboxylic acids is 1. The molecule has 0 aromatic carbocycles. The van der Waals surface area contributed by atoms with E-state index in [1.54, 1.807) is 17.1 Å². The quantitative estimate of drug-likeness (QED) is 0.857. The summed E-state index contributed by atoms with van der Waals surface area (Å²) in [6.07, 6.45) is 5.06. The van der Waals surface area contributed by atoms with Gasteiger partial charge in [0.25, 0.3) is 0 Å². The summed E-state index contributed by atoms with van der Waals surface area (Å²) in [7, 11) is 1.88. The Morgan fingerprint density at radius 3 is 3.04 bits per heavy atom. The first-order valence-electron chi connectivity index (χ1n) is 8.55. The smallest absolute Gasteiger partial charge is 0.220 e. The first kappa shape index (κ1) is 17.4. The number of ether oxygens (including phenoxy) is 2. The fourth-order valence-electron chi connectivity index (χ4n) is 2.86. The first-order chi connectivity index (χ1) is 12.1. The molecule has 7 nitrogen and oxygen atoms in total. The monoisotopic (exact) mass is 344 g/mol. The van der Waals surface area contributed by atoms with Crippen LogP contribution in [0.1, 0.15) is 24.2 Å². The maximum atomic E-state index is 12.3. The van der Waals surface area contributed by atoms with Gasteiger partial charge in [-0.2, -0.15) is 5.10 Å². The van der Waals surface area contributed by atoms with Crippen LogP contribution in [0.5, 0.6) is 5.75 Å². The van der Waals surface area contributed by atoms with E-state index < -0.39 is 0 Å². The van der Waals surface area contributed by atoms with Crippen molar-refractivity contribution >= 4 is 5.91 Å². The van der Waals surface area contributed by atoms with Crippen LogP contribution in [0.15, 0.2) is 30.6 Å². The van der Waals surface area contributed by atoms with Gasteiger partial charge in [-0.1, -0.05) is 0 Å². The molecule has 2 aromatic rings. The lowest BCUT2D eigenvalue weighted by Gasteiger charge is -2.32. The molecule has 25 heavy (non-hydrogen) atoms. The van der Waals surface area contributed by atoms with Crippen LogP contribution in [0.3, 0.4) is 0 Å². The second-order valence-corrected chi connectivity index (χ2v) is 6.28. The third-order valence-electron chi connectivity index (χ3n) is 4.35. The van der Waals surface area contributed by atoms with Gasteiger partial charge in [-0.05, 0) is 38.0 Å². The van der Waals surface area contributed by atoms with Crippen LogP contribution in [-0.2, 0) is 23.0 Å². The highest BCUT2D eigenvalue weighted by Crippen LogP contribution is 2.17. The van der Waals surface area contributed by atoms with Gasteiger partial charge in [-0.3, -0.25) is 14.5 Å². The number of pyridine rings is 1. The zero-order valence-corrected chi connectivity index (χ0v) is 14.6. The fraction of sp³-hybridized carbons (Fsp3) is 0.500. The first-order valence-corrected chi connectivity index (χ1v) is 8.55. The largest absolute Gasteiger partial charge is 0.484 e. The Morgan fingerprint density at radius 1 is 1.44 bits per heavy atom. The highest BCUT2D eigenvalue weighted by atomic mass is 16.5. The average Bonchev–Trinajstić information content (AvgIpc) is 3.02. The van der Waals surface area contributed by atoms with Crippen LogP contribution >= 0.6 is 0 Å². The Hall–Kier alpha value is -2.41. The Balaban J connectivity index is 1.54. The summed E-state index contributed by atoms with van der Waals surface area (Å²) >= 11 is 0. The minimum Gasteiger partial charge on any atom is -0.484 e. The molecule has 0 unspecified atom stereocenters. The second-order valence-electron chi connectivity index (χ2n) is 6.28. The molecule has 3 heterocycles. The zero-order valence-electron chi connectivity index (χ0n) is 14.6. The van der Waals surface area contributed by atoms with E-state index in [0.717, 1.165) is 17.8 Å². The van der Waals surface area contributed by atoms with Crippen molar-refractivity contribution in [2.75, 3.05) is 13.2 Å². The molecule has 0 aliphatic carbocycles. The highest BCUT2D eigenvalue weighted by molar-refractivity contribution is 5.76. The van der Waals surface area contributed by atoms with E-state index in [-0.39, 0.29) is 18.1 Å². The van der Waals surface area contributed by atoms with Gasteiger partial charge in [0.2, 0.25) is 5.91 Å². The standard InChI is InChI=1S/C18H24N4O3/c1-13-3-5-15(11-19-13)25-17-12-24-10-8-16(17)21-18(23)6-4-14-7-9-20-22(14)2/h3,5,7,9,11,16-17H,4,6,8,10,12H2,1-2H3,(H,21,23)/t16-,17+/m0/s1. The van der Waals surface area contributed by atoms with Crippen LogP contribution in [0, 0.1) is 6.92 Å². The van der Waals surface area contributed by atoms with Crippen molar-refractivity contribution in [1.29, 1.82) is 0 Å². The molecule has 1 aliphatic heterocycles. The molecule has 1 fully saturated rings. The summed E-state index contributed by atoms with van der Waals surface area (Å²) in [5.41, 5.74) is 1.98. The minimum atomic E-state index is -0.209. The third-order valence-corrected chi connectivity index (χ3v) is 4.35. The van der Waals surface area contributed by atoms with Crippen molar-refractivity contribution in [2.45, 2.75) is 38.3 Å². The molecule has 1 aliphatic rings. The lowest BCUT2D eigenvalue weighted by molar-refractivity contribution is -0.123. The van der Waals surface area contributed by atoms with E-state index >= 15 is 0 Å². The second kappa shape index (κ2) is 8.11. The molecule has 2 atom stereocenters. The predicted octanol–water partition coefficient (Wildman–Crippen LogP) is 1.41.